The van der Waals surface area contributed by atoms with E-state index in [0.717, 1.165) is 16.7 Å². The quantitative estimate of drug-likeness (QED) is 0.648. The number of nitrogens with zero attached hydrogens (tertiary/aromatic N) is 3. The zero-order chi connectivity index (χ0) is 21.5. The molecule has 0 spiro atoms. The van der Waals surface area contributed by atoms with Crippen LogP contribution < -0.4 is 4.74 Å². The summed E-state index contributed by atoms with van der Waals surface area (Å²) in [5, 5.41) is 0. The molecule has 162 valence electrons. The fraction of sp³-hybridized carbons (Fsp3) is 0.333. The monoisotopic (exact) mass is 423 g/mol. The van der Waals surface area contributed by atoms with Crippen molar-refractivity contribution in [3.8, 4) is 5.75 Å². The Kier molecular flexibility index (Phi) is 6.94. The number of benzene rings is 2. The largest absolute Gasteiger partial charge is 0.491 e. The minimum atomic E-state index is -0.287. The highest BCUT2D eigenvalue weighted by Gasteiger charge is 2.15. The summed E-state index contributed by atoms with van der Waals surface area (Å²) in [5.74, 6) is 0.452. The number of halogens is 1. The molecule has 0 saturated heterocycles. The van der Waals surface area contributed by atoms with Crippen molar-refractivity contribution in [3.63, 3.8) is 0 Å². The molecule has 0 saturated carbocycles. The van der Waals surface area contributed by atoms with Crippen molar-refractivity contribution in [2.75, 3.05) is 26.4 Å². The lowest BCUT2D eigenvalue weighted by molar-refractivity contribution is -0.132. The van der Waals surface area contributed by atoms with Crippen LogP contribution in [0.25, 0.3) is 0 Å². The summed E-state index contributed by atoms with van der Waals surface area (Å²) in [6.07, 6.45) is 6.21. The first kappa shape index (κ1) is 21.1. The molecule has 0 radical (unpaired) electrons. The Morgan fingerprint density at radius 3 is 2.87 bits per heavy atom. The minimum absolute atomic E-state index is 0.0680. The molecule has 0 atom stereocenters. The minimum Gasteiger partial charge on any atom is -0.491 e. The molecule has 3 aromatic rings. The number of rotatable bonds is 3. The Morgan fingerprint density at radius 2 is 2.00 bits per heavy atom. The molecule has 6 nitrogen and oxygen atoms in total. The lowest BCUT2D eigenvalue weighted by atomic mass is 10.0. The van der Waals surface area contributed by atoms with Gasteiger partial charge in [0.25, 0.3) is 0 Å². The fourth-order valence-electron chi connectivity index (χ4n) is 3.69. The van der Waals surface area contributed by atoms with E-state index in [2.05, 4.69) is 11.1 Å². The van der Waals surface area contributed by atoms with Gasteiger partial charge >= 0.3 is 0 Å². The van der Waals surface area contributed by atoms with E-state index in [-0.39, 0.29) is 11.7 Å². The summed E-state index contributed by atoms with van der Waals surface area (Å²) in [7, 11) is 0. The number of aromatic nitrogens is 2. The van der Waals surface area contributed by atoms with E-state index in [0.29, 0.717) is 58.0 Å². The highest BCUT2D eigenvalue weighted by molar-refractivity contribution is 5.76. The van der Waals surface area contributed by atoms with Crippen LogP contribution in [0, 0.1) is 5.82 Å². The molecule has 1 amide bonds. The van der Waals surface area contributed by atoms with Gasteiger partial charge in [-0.15, -0.1) is 0 Å². The Hall–Kier alpha value is -3.19. The first-order valence-corrected chi connectivity index (χ1v) is 10.5. The van der Waals surface area contributed by atoms with Gasteiger partial charge in [0.05, 0.1) is 19.5 Å². The Morgan fingerprint density at radius 1 is 1.10 bits per heavy atom. The molecule has 1 aliphatic rings. The number of carbonyl (C=O) groups is 1. The van der Waals surface area contributed by atoms with Crippen LogP contribution in [-0.4, -0.2) is 46.7 Å². The number of hydrogen-bond donors (Lipinski definition) is 0. The molecule has 2 heterocycles. The maximum absolute atomic E-state index is 13.8. The summed E-state index contributed by atoms with van der Waals surface area (Å²) < 4.78 is 27.3. The van der Waals surface area contributed by atoms with Crippen LogP contribution in [0.15, 0.2) is 61.2 Å². The molecule has 4 rings (SSSR count). The van der Waals surface area contributed by atoms with Gasteiger partial charge < -0.3 is 18.9 Å². The second-order valence-electron chi connectivity index (χ2n) is 7.58. The van der Waals surface area contributed by atoms with Gasteiger partial charge in [-0.1, -0.05) is 24.3 Å². The fourth-order valence-corrected chi connectivity index (χ4v) is 3.69. The zero-order valence-electron chi connectivity index (χ0n) is 17.4. The van der Waals surface area contributed by atoms with Crippen LogP contribution in [0.5, 0.6) is 5.75 Å². The van der Waals surface area contributed by atoms with E-state index < -0.39 is 0 Å². The highest BCUT2D eigenvalue weighted by Crippen LogP contribution is 2.24. The molecule has 2 aromatic carbocycles. The molecule has 0 unspecified atom stereocenters. The SMILES string of the molecule is O=C(CCn1ccnc1)N1CCOCCOc2ccc(F)cc2Cc2cccc(c2)C1. The lowest BCUT2D eigenvalue weighted by Crippen LogP contribution is -2.34. The van der Waals surface area contributed by atoms with Crippen molar-refractivity contribution < 1.29 is 18.7 Å². The summed E-state index contributed by atoms with van der Waals surface area (Å²) in [6.45, 7) is 2.80. The Labute approximate surface area is 181 Å². The van der Waals surface area contributed by atoms with Gasteiger partial charge in [-0.25, -0.2) is 9.37 Å². The molecule has 1 aliphatic heterocycles. The molecule has 31 heavy (non-hydrogen) atoms. The number of imidazole rings is 1. The van der Waals surface area contributed by atoms with E-state index in [9.17, 15) is 9.18 Å². The van der Waals surface area contributed by atoms with Crippen molar-refractivity contribution in [2.24, 2.45) is 0 Å². The maximum atomic E-state index is 13.8. The molecule has 0 fully saturated rings. The number of aryl methyl sites for hydroxylation is 1. The van der Waals surface area contributed by atoms with Crippen molar-refractivity contribution in [3.05, 3.63) is 83.7 Å². The van der Waals surface area contributed by atoms with Gasteiger partial charge in [-0.05, 0) is 29.3 Å². The van der Waals surface area contributed by atoms with Crippen LogP contribution in [0.1, 0.15) is 23.1 Å². The maximum Gasteiger partial charge on any atom is 0.224 e. The van der Waals surface area contributed by atoms with Gasteiger partial charge in [-0.3, -0.25) is 4.79 Å². The van der Waals surface area contributed by atoms with E-state index in [4.69, 9.17) is 9.47 Å². The smallest absolute Gasteiger partial charge is 0.224 e. The standard InChI is InChI=1S/C24H26FN3O3/c25-22-4-5-23-21(16-22)15-19-2-1-3-20(14-19)17-28(10-11-30-12-13-31-23)24(29)6-8-27-9-7-26-18-27/h1-5,7,9,14,16,18H,6,8,10-13,15,17H2. The van der Waals surface area contributed by atoms with Crippen molar-refractivity contribution in [1.29, 1.82) is 0 Å². The molecular formula is C24H26FN3O3. The van der Waals surface area contributed by atoms with E-state index >= 15 is 0 Å². The molecule has 0 N–H and O–H groups in total. The van der Waals surface area contributed by atoms with E-state index in [1.807, 2.05) is 33.9 Å². The highest BCUT2D eigenvalue weighted by atomic mass is 19.1. The van der Waals surface area contributed by atoms with Crippen molar-refractivity contribution in [1.82, 2.24) is 14.5 Å². The number of hydrogen-bond acceptors (Lipinski definition) is 4. The Bertz CT molecular complexity index is 1010. The number of amides is 1. The number of fused-ring (bicyclic) bond motifs is 3. The van der Waals surface area contributed by atoms with Crippen LogP contribution in [0.4, 0.5) is 4.39 Å². The van der Waals surface area contributed by atoms with Crippen LogP contribution >= 0.6 is 0 Å². The predicted octanol–water partition coefficient (Wildman–Crippen LogP) is 3.44. The normalized spacial score (nSPS) is 14.9. The van der Waals surface area contributed by atoms with E-state index in [1.165, 1.54) is 12.1 Å². The van der Waals surface area contributed by atoms with Gasteiger partial charge in [0, 0.05) is 50.4 Å². The predicted molar refractivity (Wildman–Crippen MR) is 114 cm³/mol. The zero-order valence-corrected chi connectivity index (χ0v) is 17.4. The van der Waals surface area contributed by atoms with Crippen LogP contribution in [0.3, 0.4) is 0 Å². The number of ether oxygens (including phenoxy) is 2. The van der Waals surface area contributed by atoms with Gasteiger partial charge in [0.15, 0.2) is 0 Å². The average molecular weight is 423 g/mol. The first-order chi connectivity index (χ1) is 15.2. The van der Waals surface area contributed by atoms with Crippen LogP contribution in [-0.2, 0) is 29.0 Å². The Balaban J connectivity index is 1.52. The van der Waals surface area contributed by atoms with Gasteiger partial charge in [0.1, 0.15) is 18.2 Å². The molecule has 7 heteroatoms. The third kappa shape index (κ3) is 5.92. The molecule has 2 bridgehead atoms. The molecule has 1 aromatic heterocycles. The summed E-state index contributed by atoms with van der Waals surface area (Å²) >= 11 is 0. The summed E-state index contributed by atoms with van der Waals surface area (Å²) in [5.41, 5.74) is 2.87. The van der Waals surface area contributed by atoms with Gasteiger partial charge in [0.2, 0.25) is 5.91 Å². The third-order valence-corrected chi connectivity index (χ3v) is 5.27. The summed E-state index contributed by atoms with van der Waals surface area (Å²) in [6, 6.07) is 12.7. The van der Waals surface area contributed by atoms with Crippen molar-refractivity contribution in [2.45, 2.75) is 25.9 Å². The lowest BCUT2D eigenvalue weighted by Gasteiger charge is -2.24. The van der Waals surface area contributed by atoms with Crippen LogP contribution in [0.2, 0.25) is 0 Å². The summed E-state index contributed by atoms with van der Waals surface area (Å²) in [4.78, 5) is 18.7. The molecular weight excluding hydrogens is 397 g/mol. The van der Waals surface area contributed by atoms with Crippen molar-refractivity contribution >= 4 is 5.91 Å². The van der Waals surface area contributed by atoms with E-state index in [1.54, 1.807) is 18.6 Å². The van der Waals surface area contributed by atoms with Gasteiger partial charge in [-0.2, -0.15) is 0 Å². The third-order valence-electron chi connectivity index (χ3n) is 5.27. The number of carbonyl (C=O) groups excluding carboxylic acids is 1. The average Bonchev–Trinajstić information content (AvgIpc) is 3.28. The first-order valence-electron chi connectivity index (χ1n) is 10.5. The second kappa shape index (κ2) is 10.2. The molecule has 0 aliphatic carbocycles. The topological polar surface area (TPSA) is 56.6 Å². The second-order valence-corrected chi connectivity index (χ2v) is 7.58.